The van der Waals surface area contributed by atoms with Crippen molar-refractivity contribution in [3.05, 3.63) is 0 Å². The van der Waals surface area contributed by atoms with E-state index in [1.165, 1.54) is 32.1 Å². The minimum atomic E-state index is 0.132. The van der Waals surface area contributed by atoms with Crippen LogP contribution in [-0.4, -0.2) is 25.0 Å². The van der Waals surface area contributed by atoms with Crippen LogP contribution >= 0.6 is 0 Å². The third-order valence-corrected chi connectivity index (χ3v) is 3.12. The number of nitrogens with one attached hydrogen (secondary N) is 2. The molecule has 0 fully saturated rings. The third kappa shape index (κ3) is 10.3. The van der Waals surface area contributed by atoms with Gasteiger partial charge in [0.2, 0.25) is 5.91 Å². The SMILES string of the molecule is CCCCCCC(C)(C)NCCCC(=O)NC. The molecule has 0 heterocycles. The van der Waals surface area contributed by atoms with Crippen molar-refractivity contribution in [1.29, 1.82) is 0 Å². The molecule has 3 heteroatoms. The maximum absolute atomic E-state index is 11.0. The van der Waals surface area contributed by atoms with Crippen LogP contribution in [0.4, 0.5) is 0 Å². The molecule has 0 saturated carbocycles. The lowest BCUT2D eigenvalue weighted by Gasteiger charge is -2.26. The molecule has 0 aromatic rings. The summed E-state index contributed by atoms with van der Waals surface area (Å²) in [6.07, 6.45) is 8.01. The van der Waals surface area contributed by atoms with Gasteiger partial charge in [-0.2, -0.15) is 0 Å². The molecule has 0 aromatic heterocycles. The van der Waals surface area contributed by atoms with Gasteiger partial charge in [-0.25, -0.2) is 0 Å². The molecule has 0 aromatic carbocycles. The summed E-state index contributed by atoms with van der Waals surface area (Å²) < 4.78 is 0. The highest BCUT2D eigenvalue weighted by atomic mass is 16.1. The summed E-state index contributed by atoms with van der Waals surface area (Å²) in [5, 5.41) is 6.18. The van der Waals surface area contributed by atoms with Gasteiger partial charge in [0.25, 0.3) is 0 Å². The van der Waals surface area contributed by atoms with Crippen molar-refractivity contribution in [2.24, 2.45) is 0 Å². The van der Waals surface area contributed by atoms with Gasteiger partial charge in [-0.3, -0.25) is 4.79 Å². The van der Waals surface area contributed by atoms with Crippen LogP contribution < -0.4 is 10.6 Å². The summed E-state index contributed by atoms with van der Waals surface area (Å²) in [6, 6.07) is 0. The fourth-order valence-electron chi connectivity index (χ4n) is 1.88. The molecule has 0 atom stereocenters. The first-order chi connectivity index (χ1) is 8.02. The quantitative estimate of drug-likeness (QED) is 0.578. The Kier molecular flexibility index (Phi) is 9.14. The molecule has 0 aliphatic carbocycles. The molecule has 1 amide bonds. The molecule has 0 spiro atoms. The van der Waals surface area contributed by atoms with Gasteiger partial charge in [0.05, 0.1) is 0 Å². The minimum Gasteiger partial charge on any atom is -0.359 e. The van der Waals surface area contributed by atoms with Gasteiger partial charge in [0.15, 0.2) is 0 Å². The highest BCUT2D eigenvalue weighted by Crippen LogP contribution is 2.14. The third-order valence-electron chi connectivity index (χ3n) is 3.12. The predicted molar refractivity (Wildman–Crippen MR) is 74.1 cm³/mol. The van der Waals surface area contributed by atoms with E-state index in [1.807, 2.05) is 0 Å². The molecule has 17 heavy (non-hydrogen) atoms. The molecule has 0 radical (unpaired) electrons. The topological polar surface area (TPSA) is 41.1 Å². The second-order valence-corrected chi connectivity index (χ2v) is 5.40. The maximum Gasteiger partial charge on any atom is 0.219 e. The van der Waals surface area contributed by atoms with Crippen molar-refractivity contribution in [2.45, 2.75) is 71.3 Å². The first-order valence-corrected chi connectivity index (χ1v) is 6.97. The van der Waals surface area contributed by atoms with E-state index in [9.17, 15) is 4.79 Å². The minimum absolute atomic E-state index is 0.132. The van der Waals surface area contributed by atoms with Crippen molar-refractivity contribution in [3.8, 4) is 0 Å². The van der Waals surface area contributed by atoms with Crippen LogP contribution in [0.3, 0.4) is 0 Å². The molecule has 0 rings (SSSR count). The number of amides is 1. The van der Waals surface area contributed by atoms with E-state index in [4.69, 9.17) is 0 Å². The summed E-state index contributed by atoms with van der Waals surface area (Å²) in [6.45, 7) is 7.66. The lowest BCUT2D eigenvalue weighted by atomic mass is 9.96. The molecule has 0 unspecified atom stereocenters. The number of unbranched alkanes of at least 4 members (excludes halogenated alkanes) is 3. The molecule has 3 nitrogen and oxygen atoms in total. The van der Waals surface area contributed by atoms with Gasteiger partial charge < -0.3 is 10.6 Å². The molecule has 0 saturated heterocycles. The van der Waals surface area contributed by atoms with Crippen LogP contribution in [0, 0.1) is 0 Å². The zero-order valence-electron chi connectivity index (χ0n) is 12.1. The zero-order valence-corrected chi connectivity index (χ0v) is 12.1. The molecular formula is C14H30N2O. The van der Waals surface area contributed by atoms with E-state index in [0.29, 0.717) is 6.42 Å². The second kappa shape index (κ2) is 9.46. The first kappa shape index (κ1) is 16.4. The molecule has 0 aliphatic heterocycles. The van der Waals surface area contributed by atoms with E-state index in [2.05, 4.69) is 31.4 Å². The van der Waals surface area contributed by atoms with Crippen LogP contribution in [0.1, 0.15) is 65.7 Å². The maximum atomic E-state index is 11.0. The number of hydrogen-bond donors (Lipinski definition) is 2. The van der Waals surface area contributed by atoms with Gasteiger partial charge in [-0.15, -0.1) is 0 Å². The summed E-state index contributed by atoms with van der Waals surface area (Å²) >= 11 is 0. The summed E-state index contributed by atoms with van der Waals surface area (Å²) in [7, 11) is 1.69. The second-order valence-electron chi connectivity index (χ2n) is 5.40. The Morgan fingerprint density at radius 2 is 1.82 bits per heavy atom. The van der Waals surface area contributed by atoms with E-state index in [1.54, 1.807) is 7.05 Å². The summed E-state index contributed by atoms with van der Waals surface area (Å²) in [5.74, 6) is 0.132. The standard InChI is InChI=1S/C14H30N2O/c1-5-6-7-8-11-14(2,3)16-12-9-10-13(17)15-4/h16H,5-12H2,1-4H3,(H,15,17). The highest BCUT2D eigenvalue weighted by Gasteiger charge is 2.15. The Balaban J connectivity index is 3.52. The van der Waals surface area contributed by atoms with Gasteiger partial charge >= 0.3 is 0 Å². The van der Waals surface area contributed by atoms with Gasteiger partial charge in [-0.05, 0) is 33.2 Å². The van der Waals surface area contributed by atoms with Gasteiger partial charge in [0, 0.05) is 19.0 Å². The largest absolute Gasteiger partial charge is 0.359 e. The molecule has 102 valence electrons. The number of carbonyl (C=O) groups excluding carboxylic acids is 1. The predicted octanol–water partition coefficient (Wildman–Crippen LogP) is 2.85. The lowest BCUT2D eigenvalue weighted by Crippen LogP contribution is -2.40. The smallest absolute Gasteiger partial charge is 0.219 e. The van der Waals surface area contributed by atoms with E-state index in [-0.39, 0.29) is 11.4 Å². The Labute approximate surface area is 107 Å². The fourth-order valence-corrected chi connectivity index (χ4v) is 1.88. The molecular weight excluding hydrogens is 212 g/mol. The summed E-state index contributed by atoms with van der Waals surface area (Å²) in [5.41, 5.74) is 0.205. The van der Waals surface area contributed by atoms with Crippen LogP contribution in [0.15, 0.2) is 0 Å². The number of rotatable bonds is 10. The number of carbonyl (C=O) groups is 1. The van der Waals surface area contributed by atoms with Gasteiger partial charge in [0.1, 0.15) is 0 Å². The molecule has 0 bridgehead atoms. The fraction of sp³-hybridized carbons (Fsp3) is 0.929. The molecule has 0 aliphatic rings. The normalized spacial score (nSPS) is 11.5. The molecule has 2 N–H and O–H groups in total. The van der Waals surface area contributed by atoms with Crippen LogP contribution in [0.5, 0.6) is 0 Å². The average molecular weight is 242 g/mol. The monoisotopic (exact) mass is 242 g/mol. The van der Waals surface area contributed by atoms with Crippen LogP contribution in [0.2, 0.25) is 0 Å². The Morgan fingerprint density at radius 3 is 2.41 bits per heavy atom. The van der Waals surface area contributed by atoms with Crippen molar-refractivity contribution >= 4 is 5.91 Å². The lowest BCUT2D eigenvalue weighted by molar-refractivity contribution is -0.120. The number of hydrogen-bond acceptors (Lipinski definition) is 2. The summed E-state index contributed by atoms with van der Waals surface area (Å²) in [4.78, 5) is 11.0. The first-order valence-electron chi connectivity index (χ1n) is 6.97. The van der Waals surface area contributed by atoms with Crippen molar-refractivity contribution in [2.75, 3.05) is 13.6 Å². The Bertz CT molecular complexity index is 202. The zero-order chi connectivity index (χ0) is 13.1. The van der Waals surface area contributed by atoms with Crippen molar-refractivity contribution in [3.63, 3.8) is 0 Å². The van der Waals surface area contributed by atoms with E-state index >= 15 is 0 Å². The van der Waals surface area contributed by atoms with Crippen molar-refractivity contribution < 1.29 is 4.79 Å². The highest BCUT2D eigenvalue weighted by molar-refractivity contribution is 5.75. The van der Waals surface area contributed by atoms with E-state index < -0.39 is 0 Å². The van der Waals surface area contributed by atoms with Gasteiger partial charge in [-0.1, -0.05) is 32.6 Å². The van der Waals surface area contributed by atoms with Crippen LogP contribution in [-0.2, 0) is 4.79 Å². The van der Waals surface area contributed by atoms with E-state index in [0.717, 1.165) is 13.0 Å². The Hall–Kier alpha value is -0.570. The average Bonchev–Trinajstić information content (AvgIpc) is 2.30. The van der Waals surface area contributed by atoms with Crippen molar-refractivity contribution in [1.82, 2.24) is 10.6 Å². The Morgan fingerprint density at radius 1 is 1.12 bits per heavy atom. The van der Waals surface area contributed by atoms with Crippen LogP contribution in [0.25, 0.3) is 0 Å².